The van der Waals surface area contributed by atoms with Gasteiger partial charge in [0.15, 0.2) is 21.5 Å². The van der Waals surface area contributed by atoms with Gasteiger partial charge in [0.1, 0.15) is 17.4 Å². The summed E-state index contributed by atoms with van der Waals surface area (Å²) in [5.41, 5.74) is 4.39. The van der Waals surface area contributed by atoms with E-state index in [1.165, 1.54) is 12.1 Å². The van der Waals surface area contributed by atoms with Crippen molar-refractivity contribution in [3.05, 3.63) is 130 Å². The molecule has 4 aromatic rings. The van der Waals surface area contributed by atoms with E-state index in [9.17, 15) is 22.0 Å². The molecule has 1 amide bonds. The van der Waals surface area contributed by atoms with Crippen molar-refractivity contribution >= 4 is 37.6 Å². The predicted molar refractivity (Wildman–Crippen MR) is 175 cm³/mol. The van der Waals surface area contributed by atoms with E-state index in [1.54, 1.807) is 66.7 Å². The van der Waals surface area contributed by atoms with E-state index in [0.717, 1.165) is 18.2 Å². The molecule has 1 aliphatic rings. The Hall–Kier alpha value is -4.17. The standard InChI is InChI=1S/C34H32BrF2N3O6S/c35-29-10-5-4-9-28(29)31-34(17-20-47(43,44)27-7-2-1-3-8-27,33(42)40-38-22-24-21-25(36)13-16-30(24)37)39-32(46-31)23-11-14-26(15-12-23)45-19-6-18-41/h1-5,7-16,21,31,38,41H,6,17-20,22H2,(H,40,42)/t31-,34-/m0/s1. The summed E-state index contributed by atoms with van der Waals surface area (Å²) in [6.45, 7) is 0.0566. The first-order valence-electron chi connectivity index (χ1n) is 14.7. The summed E-state index contributed by atoms with van der Waals surface area (Å²) in [5, 5.41) is 9.04. The zero-order valence-corrected chi connectivity index (χ0v) is 27.4. The number of aliphatic hydroxyl groups is 1. The fraction of sp³-hybridized carbons (Fsp3) is 0.235. The highest BCUT2D eigenvalue weighted by molar-refractivity contribution is 9.10. The zero-order valence-electron chi connectivity index (χ0n) is 25.0. The smallest absolute Gasteiger partial charge is 0.266 e. The van der Waals surface area contributed by atoms with Gasteiger partial charge < -0.3 is 14.6 Å². The van der Waals surface area contributed by atoms with E-state index in [1.807, 2.05) is 0 Å². The van der Waals surface area contributed by atoms with Crippen LogP contribution in [-0.2, 0) is 25.9 Å². The Bertz CT molecular complexity index is 1840. The molecule has 47 heavy (non-hydrogen) atoms. The van der Waals surface area contributed by atoms with Gasteiger partial charge in [0.2, 0.25) is 5.90 Å². The van der Waals surface area contributed by atoms with Crippen molar-refractivity contribution in [2.75, 3.05) is 19.0 Å². The van der Waals surface area contributed by atoms with Crippen LogP contribution in [0.15, 0.2) is 111 Å². The number of benzene rings is 4. The fourth-order valence-corrected chi connectivity index (χ4v) is 6.96. The van der Waals surface area contributed by atoms with E-state index in [0.29, 0.717) is 34.4 Å². The summed E-state index contributed by atoms with van der Waals surface area (Å²) in [6.07, 6.45) is -0.911. The Kier molecular flexibility index (Phi) is 11.0. The Morgan fingerprint density at radius 1 is 1.00 bits per heavy atom. The van der Waals surface area contributed by atoms with Crippen molar-refractivity contribution in [3.8, 4) is 5.75 Å². The van der Waals surface area contributed by atoms with Crippen LogP contribution in [0.4, 0.5) is 8.78 Å². The lowest BCUT2D eigenvalue weighted by atomic mass is 9.85. The molecule has 0 unspecified atom stereocenters. The first-order chi connectivity index (χ1) is 22.6. The summed E-state index contributed by atoms with van der Waals surface area (Å²) in [6, 6.07) is 24.7. The van der Waals surface area contributed by atoms with Crippen LogP contribution in [0.5, 0.6) is 5.75 Å². The van der Waals surface area contributed by atoms with Gasteiger partial charge in [-0.2, -0.15) is 0 Å². The molecule has 0 aromatic heterocycles. The third kappa shape index (κ3) is 8.04. The zero-order chi connectivity index (χ0) is 33.4. The van der Waals surface area contributed by atoms with E-state index in [-0.39, 0.29) is 35.9 Å². The summed E-state index contributed by atoms with van der Waals surface area (Å²) in [7, 11) is -3.87. The molecule has 0 saturated carbocycles. The molecule has 0 bridgehead atoms. The van der Waals surface area contributed by atoms with Crippen LogP contribution in [0.1, 0.15) is 35.6 Å². The molecule has 4 aromatic carbocycles. The highest BCUT2D eigenvalue weighted by atomic mass is 79.9. The van der Waals surface area contributed by atoms with E-state index in [4.69, 9.17) is 19.6 Å². The topological polar surface area (TPSA) is 126 Å². The van der Waals surface area contributed by atoms with Gasteiger partial charge in [-0.3, -0.25) is 10.2 Å². The second kappa shape index (κ2) is 15.2. The van der Waals surface area contributed by atoms with Crippen molar-refractivity contribution in [1.82, 2.24) is 10.9 Å². The summed E-state index contributed by atoms with van der Waals surface area (Å²) < 4.78 is 67.7. The summed E-state index contributed by atoms with van der Waals surface area (Å²) in [5.74, 6) is -1.87. The van der Waals surface area contributed by atoms with Crippen LogP contribution < -0.4 is 15.6 Å². The number of hydrazine groups is 1. The SMILES string of the molecule is O=C(NNCc1cc(F)ccc1F)[C@@]1(CCS(=O)(=O)c2ccccc2)N=C(c2ccc(OCCCO)cc2)O[C@H]1c1ccccc1Br. The summed E-state index contributed by atoms with van der Waals surface area (Å²) in [4.78, 5) is 19.1. The van der Waals surface area contributed by atoms with Gasteiger partial charge >= 0.3 is 0 Å². The van der Waals surface area contributed by atoms with Crippen molar-refractivity contribution in [2.45, 2.75) is 35.9 Å². The first kappa shape index (κ1) is 34.2. The normalized spacial score (nSPS) is 17.5. The highest BCUT2D eigenvalue weighted by Gasteiger charge is 2.54. The number of rotatable bonds is 14. The summed E-state index contributed by atoms with van der Waals surface area (Å²) >= 11 is 3.54. The maximum Gasteiger partial charge on any atom is 0.266 e. The van der Waals surface area contributed by atoms with Crippen molar-refractivity contribution in [2.24, 2.45) is 4.99 Å². The number of hydrogen-bond acceptors (Lipinski definition) is 8. The second-order valence-electron chi connectivity index (χ2n) is 10.7. The Labute approximate surface area is 279 Å². The van der Waals surface area contributed by atoms with Crippen LogP contribution in [0.2, 0.25) is 0 Å². The number of sulfone groups is 1. The molecule has 1 aliphatic heterocycles. The van der Waals surface area contributed by atoms with Gasteiger partial charge in [0, 0.05) is 47.2 Å². The maximum absolute atomic E-state index is 14.3. The Morgan fingerprint density at radius 2 is 1.72 bits per heavy atom. The molecule has 0 fully saturated rings. The van der Waals surface area contributed by atoms with Crippen molar-refractivity contribution < 1.29 is 36.6 Å². The third-order valence-corrected chi connectivity index (χ3v) is 10.0. The number of amides is 1. The Balaban J connectivity index is 1.53. The monoisotopic (exact) mass is 727 g/mol. The number of aliphatic hydroxyl groups excluding tert-OH is 1. The van der Waals surface area contributed by atoms with E-state index < -0.39 is 44.8 Å². The van der Waals surface area contributed by atoms with Gasteiger partial charge in [-0.25, -0.2) is 27.6 Å². The maximum atomic E-state index is 14.3. The van der Waals surface area contributed by atoms with Crippen molar-refractivity contribution in [3.63, 3.8) is 0 Å². The third-order valence-electron chi connectivity index (χ3n) is 7.56. The van der Waals surface area contributed by atoms with Gasteiger partial charge in [0.25, 0.3) is 5.91 Å². The molecule has 0 radical (unpaired) electrons. The lowest BCUT2D eigenvalue weighted by Gasteiger charge is -2.31. The minimum atomic E-state index is -3.87. The second-order valence-corrected chi connectivity index (χ2v) is 13.7. The minimum Gasteiger partial charge on any atom is -0.494 e. The average Bonchev–Trinajstić information content (AvgIpc) is 3.47. The van der Waals surface area contributed by atoms with Crippen LogP contribution in [0.25, 0.3) is 0 Å². The number of ether oxygens (including phenoxy) is 2. The number of nitrogens with zero attached hydrogens (tertiary/aromatic N) is 1. The first-order valence-corrected chi connectivity index (χ1v) is 17.2. The van der Waals surface area contributed by atoms with E-state index in [2.05, 4.69) is 26.8 Å². The quantitative estimate of drug-likeness (QED) is 0.117. The number of carbonyl (C=O) groups is 1. The molecular formula is C34H32BrF2N3O6S. The van der Waals surface area contributed by atoms with Gasteiger partial charge in [-0.05, 0) is 60.7 Å². The molecular weight excluding hydrogens is 696 g/mol. The lowest BCUT2D eigenvalue weighted by Crippen LogP contribution is -2.53. The number of hydrogen-bond donors (Lipinski definition) is 3. The molecule has 0 aliphatic carbocycles. The Morgan fingerprint density at radius 3 is 2.45 bits per heavy atom. The van der Waals surface area contributed by atoms with Crippen LogP contribution in [0.3, 0.4) is 0 Å². The average molecular weight is 729 g/mol. The van der Waals surface area contributed by atoms with Crippen LogP contribution in [0, 0.1) is 11.6 Å². The van der Waals surface area contributed by atoms with Gasteiger partial charge in [0.05, 0.1) is 17.3 Å². The predicted octanol–water partition coefficient (Wildman–Crippen LogP) is 5.43. The highest BCUT2D eigenvalue weighted by Crippen LogP contribution is 2.45. The van der Waals surface area contributed by atoms with Crippen LogP contribution >= 0.6 is 15.9 Å². The molecule has 2 atom stereocenters. The number of carbonyl (C=O) groups excluding carboxylic acids is 1. The molecule has 246 valence electrons. The molecule has 9 nitrogen and oxygen atoms in total. The van der Waals surface area contributed by atoms with Crippen molar-refractivity contribution in [1.29, 1.82) is 0 Å². The van der Waals surface area contributed by atoms with Crippen LogP contribution in [-0.4, -0.2) is 49.8 Å². The number of nitrogens with one attached hydrogen (secondary N) is 2. The number of aliphatic imine (C=N–C) groups is 1. The van der Waals surface area contributed by atoms with Gasteiger partial charge in [-0.15, -0.1) is 0 Å². The molecule has 5 rings (SSSR count). The molecule has 1 heterocycles. The molecule has 0 saturated heterocycles. The van der Waals surface area contributed by atoms with E-state index >= 15 is 0 Å². The fourth-order valence-electron chi connectivity index (χ4n) is 5.08. The number of halogens is 3. The lowest BCUT2D eigenvalue weighted by molar-refractivity contribution is -0.130. The van der Waals surface area contributed by atoms with Gasteiger partial charge in [-0.1, -0.05) is 52.3 Å². The largest absolute Gasteiger partial charge is 0.494 e. The molecule has 3 N–H and O–H groups in total. The molecule has 13 heteroatoms. The molecule has 0 spiro atoms. The minimum absolute atomic E-state index is 0.00463.